The molecule has 2 aliphatic rings. The molecule has 3 rings (SSSR count). The summed E-state index contributed by atoms with van der Waals surface area (Å²) in [6.07, 6.45) is 7.36. The molecule has 21 heavy (non-hydrogen) atoms. The molecular formula is C15H23N3O2S. The Morgan fingerprint density at radius 3 is 2.67 bits per heavy atom. The van der Waals surface area contributed by atoms with E-state index in [0.717, 1.165) is 30.3 Å². The summed E-state index contributed by atoms with van der Waals surface area (Å²) in [5.41, 5.74) is 6.53. The molecule has 0 radical (unpaired) electrons. The molecule has 2 aliphatic carbocycles. The maximum Gasteiger partial charge on any atom is 0.263 e. The van der Waals surface area contributed by atoms with Crippen molar-refractivity contribution < 1.29 is 9.53 Å². The van der Waals surface area contributed by atoms with Crippen LogP contribution < -0.4 is 21.1 Å². The van der Waals surface area contributed by atoms with Crippen molar-refractivity contribution in [2.45, 2.75) is 44.6 Å². The fraction of sp³-hybridized carbons (Fsp3) is 0.667. The van der Waals surface area contributed by atoms with Gasteiger partial charge in [-0.05, 0) is 31.6 Å². The van der Waals surface area contributed by atoms with Gasteiger partial charge in [-0.2, -0.15) is 0 Å². The Kier molecular flexibility index (Phi) is 4.24. The number of anilines is 2. The van der Waals surface area contributed by atoms with Crippen molar-refractivity contribution in [2.75, 3.05) is 24.7 Å². The first-order chi connectivity index (χ1) is 10.2. The lowest BCUT2D eigenvalue weighted by atomic mass is 10.1. The number of carbonyl (C=O) groups is 1. The van der Waals surface area contributed by atoms with Crippen molar-refractivity contribution in [1.29, 1.82) is 0 Å². The van der Waals surface area contributed by atoms with Crippen LogP contribution in [0, 0.1) is 5.92 Å². The van der Waals surface area contributed by atoms with Gasteiger partial charge in [0, 0.05) is 12.6 Å². The number of carbonyl (C=O) groups excluding carboxylic acids is 1. The number of amides is 1. The highest BCUT2D eigenvalue weighted by molar-refractivity contribution is 7.19. The summed E-state index contributed by atoms with van der Waals surface area (Å²) in [7, 11) is 1.60. The van der Waals surface area contributed by atoms with E-state index in [1.165, 1.54) is 37.0 Å². The van der Waals surface area contributed by atoms with E-state index < -0.39 is 0 Å². The monoisotopic (exact) mass is 309 g/mol. The standard InChI is InChI=1S/C15H23N3O2S/c1-20-12-11(16)13(14(19)18-10-6-7-10)21-15(12)17-8-9-4-2-3-5-9/h9-10,17H,2-8,16H2,1H3,(H,18,19). The third-order valence-electron chi connectivity index (χ3n) is 4.25. The lowest BCUT2D eigenvalue weighted by Crippen LogP contribution is -2.25. The van der Waals surface area contributed by atoms with Gasteiger partial charge in [-0.3, -0.25) is 4.79 Å². The fourth-order valence-electron chi connectivity index (χ4n) is 2.85. The van der Waals surface area contributed by atoms with Gasteiger partial charge in [-0.15, -0.1) is 11.3 Å². The third-order valence-corrected chi connectivity index (χ3v) is 5.39. The minimum Gasteiger partial charge on any atom is -0.492 e. The zero-order valence-corrected chi connectivity index (χ0v) is 13.2. The predicted octanol–water partition coefficient (Wildman–Crippen LogP) is 2.83. The lowest BCUT2D eigenvalue weighted by molar-refractivity contribution is 0.0956. The third kappa shape index (κ3) is 3.26. The first-order valence-electron chi connectivity index (χ1n) is 7.70. The maximum absolute atomic E-state index is 12.2. The molecule has 0 saturated heterocycles. The molecule has 5 nitrogen and oxygen atoms in total. The van der Waals surface area contributed by atoms with E-state index in [4.69, 9.17) is 10.5 Å². The molecule has 0 aliphatic heterocycles. The zero-order chi connectivity index (χ0) is 14.8. The van der Waals surface area contributed by atoms with Crippen molar-refractivity contribution >= 4 is 27.9 Å². The van der Waals surface area contributed by atoms with Gasteiger partial charge in [0.05, 0.1) is 7.11 Å². The van der Waals surface area contributed by atoms with Crippen LogP contribution in [0.1, 0.15) is 48.2 Å². The van der Waals surface area contributed by atoms with E-state index >= 15 is 0 Å². The molecule has 1 aromatic rings. The summed E-state index contributed by atoms with van der Waals surface area (Å²) in [6, 6.07) is 0.333. The molecule has 1 heterocycles. The SMILES string of the molecule is COc1c(NCC2CCCC2)sc(C(=O)NC2CC2)c1N. The van der Waals surface area contributed by atoms with Gasteiger partial charge in [0.1, 0.15) is 15.6 Å². The van der Waals surface area contributed by atoms with Gasteiger partial charge in [-0.25, -0.2) is 0 Å². The van der Waals surface area contributed by atoms with E-state index in [1.807, 2.05) is 0 Å². The van der Waals surface area contributed by atoms with Gasteiger partial charge in [-0.1, -0.05) is 12.8 Å². The highest BCUT2D eigenvalue weighted by Gasteiger charge is 2.28. The smallest absolute Gasteiger partial charge is 0.263 e. The van der Waals surface area contributed by atoms with Crippen LogP contribution in [0.5, 0.6) is 5.75 Å². The number of nitrogens with two attached hydrogens (primary N) is 1. The van der Waals surface area contributed by atoms with Crippen molar-refractivity contribution in [3.8, 4) is 5.75 Å². The molecule has 6 heteroatoms. The van der Waals surface area contributed by atoms with Crippen LogP contribution in [0.4, 0.5) is 10.7 Å². The number of rotatable bonds is 6. The van der Waals surface area contributed by atoms with Gasteiger partial charge in [0.2, 0.25) is 0 Å². The molecular weight excluding hydrogens is 286 g/mol. The molecule has 0 bridgehead atoms. The van der Waals surface area contributed by atoms with Gasteiger partial charge < -0.3 is 21.1 Å². The summed E-state index contributed by atoms with van der Waals surface area (Å²) in [6.45, 7) is 0.931. The summed E-state index contributed by atoms with van der Waals surface area (Å²) in [5.74, 6) is 1.26. The largest absolute Gasteiger partial charge is 0.492 e. The highest BCUT2D eigenvalue weighted by atomic mass is 32.1. The van der Waals surface area contributed by atoms with Crippen LogP contribution in [-0.2, 0) is 0 Å². The van der Waals surface area contributed by atoms with E-state index in [0.29, 0.717) is 22.4 Å². The van der Waals surface area contributed by atoms with Gasteiger partial charge >= 0.3 is 0 Å². The molecule has 2 saturated carbocycles. The van der Waals surface area contributed by atoms with E-state index in [2.05, 4.69) is 10.6 Å². The van der Waals surface area contributed by atoms with E-state index in [-0.39, 0.29) is 5.91 Å². The summed E-state index contributed by atoms with van der Waals surface area (Å²) in [5, 5.41) is 7.28. The molecule has 116 valence electrons. The Bertz CT molecular complexity index is 519. The lowest BCUT2D eigenvalue weighted by Gasteiger charge is -2.11. The van der Waals surface area contributed by atoms with Crippen molar-refractivity contribution in [3.63, 3.8) is 0 Å². The fourth-order valence-corrected chi connectivity index (χ4v) is 3.85. The molecule has 0 aromatic carbocycles. The van der Waals surface area contributed by atoms with Gasteiger partial charge in [0.25, 0.3) is 5.91 Å². The first kappa shape index (κ1) is 14.5. The second kappa shape index (κ2) is 6.13. The number of thiophene rings is 1. The van der Waals surface area contributed by atoms with Crippen molar-refractivity contribution in [2.24, 2.45) is 5.92 Å². The number of hydrogen-bond acceptors (Lipinski definition) is 5. The molecule has 0 atom stereocenters. The number of hydrogen-bond donors (Lipinski definition) is 3. The second-order valence-corrected chi connectivity index (χ2v) is 7.01. The van der Waals surface area contributed by atoms with Crippen LogP contribution in [0.15, 0.2) is 0 Å². The second-order valence-electron chi connectivity index (χ2n) is 5.99. The summed E-state index contributed by atoms with van der Waals surface area (Å²) in [4.78, 5) is 12.8. The van der Waals surface area contributed by atoms with E-state index in [9.17, 15) is 4.79 Å². The van der Waals surface area contributed by atoms with Crippen LogP contribution in [0.25, 0.3) is 0 Å². The highest BCUT2D eigenvalue weighted by Crippen LogP contribution is 2.43. The average Bonchev–Trinajstić information content (AvgIpc) is 3.02. The van der Waals surface area contributed by atoms with Gasteiger partial charge in [0.15, 0.2) is 5.75 Å². The van der Waals surface area contributed by atoms with Crippen molar-refractivity contribution in [3.05, 3.63) is 4.88 Å². The Hall–Kier alpha value is -1.43. The van der Waals surface area contributed by atoms with Crippen LogP contribution in [-0.4, -0.2) is 25.6 Å². The summed E-state index contributed by atoms with van der Waals surface area (Å²) < 4.78 is 5.39. The maximum atomic E-state index is 12.2. The molecule has 2 fully saturated rings. The minimum absolute atomic E-state index is 0.0767. The van der Waals surface area contributed by atoms with Crippen LogP contribution >= 0.6 is 11.3 Å². The number of methoxy groups -OCH3 is 1. The zero-order valence-electron chi connectivity index (χ0n) is 12.4. The summed E-state index contributed by atoms with van der Waals surface area (Å²) >= 11 is 1.40. The number of ether oxygens (including phenoxy) is 1. The minimum atomic E-state index is -0.0767. The first-order valence-corrected chi connectivity index (χ1v) is 8.51. The Balaban J connectivity index is 1.70. The molecule has 4 N–H and O–H groups in total. The molecule has 1 aromatic heterocycles. The Morgan fingerprint density at radius 1 is 1.33 bits per heavy atom. The van der Waals surface area contributed by atoms with Crippen molar-refractivity contribution in [1.82, 2.24) is 5.32 Å². The topological polar surface area (TPSA) is 76.4 Å². The molecule has 0 unspecified atom stereocenters. The molecule has 0 spiro atoms. The predicted molar refractivity (Wildman–Crippen MR) is 86.2 cm³/mol. The average molecular weight is 309 g/mol. The van der Waals surface area contributed by atoms with Crippen LogP contribution in [0.3, 0.4) is 0 Å². The number of nitrogens with one attached hydrogen (secondary N) is 2. The van der Waals surface area contributed by atoms with Crippen LogP contribution in [0.2, 0.25) is 0 Å². The normalized spacial score (nSPS) is 18.7. The Labute approximate surface area is 129 Å². The number of nitrogen functional groups attached to an aromatic ring is 1. The molecule has 1 amide bonds. The van der Waals surface area contributed by atoms with E-state index in [1.54, 1.807) is 7.11 Å². The quantitative estimate of drug-likeness (QED) is 0.755. The Morgan fingerprint density at radius 2 is 2.05 bits per heavy atom.